The molecule has 21 heteroatoms. The molecule has 3 aromatic rings. The van der Waals surface area contributed by atoms with E-state index in [0.717, 1.165) is 61.5 Å². The Labute approximate surface area is 571 Å². The highest BCUT2D eigenvalue weighted by molar-refractivity contribution is 5.65. The van der Waals surface area contributed by atoms with Crippen molar-refractivity contribution in [3.05, 3.63) is 113 Å². The summed E-state index contributed by atoms with van der Waals surface area (Å²) in [4.78, 5) is 7.19. The van der Waals surface area contributed by atoms with Crippen LogP contribution < -0.4 is 23.7 Å². The van der Waals surface area contributed by atoms with Gasteiger partial charge in [0.2, 0.25) is 0 Å². The number of methoxy groups -OCH3 is 2. The lowest BCUT2D eigenvalue weighted by molar-refractivity contribution is -0.215. The second-order valence-corrected chi connectivity index (χ2v) is 29.4. The molecule has 0 radical (unpaired) electrons. The molecule has 6 aliphatic heterocycles. The first kappa shape index (κ1) is 68.0. The number of aryl methyl sites for hydroxylation is 1. The van der Waals surface area contributed by atoms with E-state index in [2.05, 4.69) is 65.6 Å². The maximum Gasteiger partial charge on any atom is 0.189 e. The van der Waals surface area contributed by atoms with Gasteiger partial charge < -0.3 is 86.4 Å². The molecule has 530 valence electrons. The zero-order valence-corrected chi connectivity index (χ0v) is 57.2. The predicted molar refractivity (Wildman–Crippen MR) is 358 cm³/mol. The Morgan fingerprint density at radius 1 is 0.464 bits per heavy atom. The lowest BCUT2D eigenvalue weighted by Gasteiger charge is -2.64. The Hall–Kier alpha value is -4.76. The largest absolute Gasteiger partial charge is 0.486 e. The Balaban J connectivity index is 0.606. The van der Waals surface area contributed by atoms with Crippen LogP contribution in [0.1, 0.15) is 96.7 Å². The number of hydrogen-bond acceptors (Lipinski definition) is 21. The molecule has 12 aliphatic rings. The molecule has 97 heavy (non-hydrogen) atoms. The van der Waals surface area contributed by atoms with Crippen molar-refractivity contribution in [3.63, 3.8) is 0 Å². The number of benzene rings is 3. The third-order valence-electron chi connectivity index (χ3n) is 25.0. The van der Waals surface area contributed by atoms with E-state index >= 15 is 0 Å². The number of hydrogen-bond donors (Lipinski definition) is 3. The van der Waals surface area contributed by atoms with E-state index in [1.54, 1.807) is 14.2 Å². The molecular formula is C76H103N3O18. The molecular weight excluding hydrogens is 1240 g/mol. The molecule has 6 aliphatic carbocycles. The number of rotatable bonds is 36. The standard InChI is InChI=1S/C76H103N3O18/c1-7-25-77-28-22-71-62-51-11-10-49(4)65(62)95-68(71)56(16-19-74(71,80)59(77)41-51)90-38-35-85-44-50(45-86-36-39-91-57-17-20-75(81)60-42-52-12-14-54(93-47-88-33-31-83-5)66-63(52)72(75,69(57)96-66)23-29-78(60)26-8-2)46-87-37-40-92-58-18-21-76(82)61-43-53-13-15-55(94-48-89-34-32-84-6)67-64(53)73(76,70(58)97-67)24-30-79(61)27-9-3/h7-15,50,56-61,68-70,80-82H,1-3,16-48H2,4-6H3/t50?,56?,57?,58?,59?,60?,61?,68?,69-,70?,71-,72-,73-,74+,75+,76+/m0/s1. The van der Waals surface area contributed by atoms with Gasteiger partial charge in [-0.2, -0.15) is 0 Å². The van der Waals surface area contributed by atoms with E-state index in [1.165, 1.54) is 22.3 Å². The second-order valence-electron chi connectivity index (χ2n) is 29.4. The van der Waals surface area contributed by atoms with Crippen molar-refractivity contribution in [2.45, 2.75) is 172 Å². The smallest absolute Gasteiger partial charge is 0.189 e. The third-order valence-corrected chi connectivity index (χ3v) is 25.0. The van der Waals surface area contributed by atoms with Crippen LogP contribution in [-0.4, -0.2) is 255 Å². The average Bonchev–Trinajstić information content (AvgIpc) is 1.61. The number of aliphatic hydroxyl groups is 3. The number of likely N-dealkylation sites (tertiary alicyclic amines) is 3. The molecule has 3 saturated carbocycles. The lowest BCUT2D eigenvalue weighted by atomic mass is 9.48. The number of nitrogens with zero attached hydrogens (tertiary/aromatic N) is 3. The zero-order chi connectivity index (χ0) is 66.7. The fraction of sp³-hybridized carbons (Fsp3) is 0.684. The van der Waals surface area contributed by atoms with Crippen molar-refractivity contribution in [1.29, 1.82) is 0 Å². The molecule has 15 rings (SSSR count). The van der Waals surface area contributed by atoms with Gasteiger partial charge in [0.15, 0.2) is 36.6 Å². The van der Waals surface area contributed by atoms with E-state index in [0.29, 0.717) is 186 Å². The molecule has 3 aromatic carbocycles. The third kappa shape index (κ3) is 10.9. The second kappa shape index (κ2) is 27.9. The van der Waals surface area contributed by atoms with E-state index < -0.39 is 45.3 Å². The van der Waals surface area contributed by atoms with Gasteiger partial charge in [-0.15, -0.1) is 19.7 Å². The minimum Gasteiger partial charge on any atom is -0.486 e. The van der Waals surface area contributed by atoms with Crippen LogP contribution in [0, 0.1) is 12.8 Å². The van der Waals surface area contributed by atoms with Crippen molar-refractivity contribution >= 4 is 0 Å². The average molecular weight is 1350 g/mol. The maximum absolute atomic E-state index is 13.2. The highest BCUT2D eigenvalue weighted by atomic mass is 16.7. The molecule has 0 amide bonds. The van der Waals surface area contributed by atoms with Gasteiger partial charge in [0.1, 0.15) is 24.1 Å². The summed E-state index contributed by atoms with van der Waals surface area (Å²) in [5.74, 6) is 3.33. The van der Waals surface area contributed by atoms with Gasteiger partial charge in [-0.1, -0.05) is 42.5 Å². The SMILES string of the molecule is C=CCN1CC[C@]23c4c5ccc(C)c4OC2C(OCCOCC(COCCOC2CC[C@@]4(O)C6Cc7ccc(OCOCCOC)c8c7[C@@]4(CCN6CC=C)C2O8)COCCOC2CC[C@@]4(O)C6Cc7ccc(OCOCCOC)c8c7[C@@]4(CCN6CC=C)[C@H]2O8)CC[C@@]3(O)C1C5. The van der Waals surface area contributed by atoms with Crippen molar-refractivity contribution in [3.8, 4) is 28.7 Å². The summed E-state index contributed by atoms with van der Waals surface area (Å²) in [7, 11) is 3.28. The Morgan fingerprint density at radius 2 is 0.814 bits per heavy atom. The van der Waals surface area contributed by atoms with Crippen molar-refractivity contribution in [1.82, 2.24) is 14.7 Å². The quantitative estimate of drug-likeness (QED) is 0.0335. The topological polar surface area (TPSA) is 209 Å². The molecule has 0 aromatic heterocycles. The van der Waals surface area contributed by atoms with Crippen LogP contribution >= 0.6 is 0 Å². The molecule has 6 fully saturated rings. The molecule has 6 heterocycles. The first-order valence-electron chi connectivity index (χ1n) is 36.0. The fourth-order valence-corrected chi connectivity index (χ4v) is 21.1. The summed E-state index contributed by atoms with van der Waals surface area (Å²) in [6.07, 6.45) is 11.8. The Kier molecular flexibility index (Phi) is 19.6. The Morgan fingerprint density at radius 3 is 1.19 bits per heavy atom. The van der Waals surface area contributed by atoms with Crippen LogP contribution in [0.15, 0.2) is 74.4 Å². The van der Waals surface area contributed by atoms with Gasteiger partial charge in [0.25, 0.3) is 0 Å². The van der Waals surface area contributed by atoms with Crippen molar-refractivity contribution < 1.29 is 86.4 Å². The van der Waals surface area contributed by atoms with Gasteiger partial charge in [0.05, 0.1) is 137 Å². The number of piperidine rings is 3. The summed E-state index contributed by atoms with van der Waals surface area (Å²) < 4.78 is 95.7. The van der Waals surface area contributed by atoms with E-state index in [4.69, 9.17) is 71.1 Å². The fourth-order valence-electron chi connectivity index (χ4n) is 21.1. The van der Waals surface area contributed by atoms with Crippen LogP contribution in [0.25, 0.3) is 0 Å². The molecule has 16 atom stereocenters. The summed E-state index contributed by atoms with van der Waals surface area (Å²) >= 11 is 0. The highest BCUT2D eigenvalue weighted by Gasteiger charge is 2.76. The van der Waals surface area contributed by atoms with Gasteiger partial charge in [-0.05, 0) is 138 Å². The van der Waals surface area contributed by atoms with E-state index in [-0.39, 0.29) is 62.0 Å². The van der Waals surface area contributed by atoms with Gasteiger partial charge >= 0.3 is 0 Å². The monoisotopic (exact) mass is 1350 g/mol. The van der Waals surface area contributed by atoms with E-state index in [9.17, 15) is 15.3 Å². The summed E-state index contributed by atoms with van der Waals surface area (Å²) in [6.45, 7) is 23.7. The molecule has 3 N–H and O–H groups in total. The van der Waals surface area contributed by atoms with Crippen LogP contribution in [-0.2, 0) is 82.9 Å². The normalized spacial score (nSPS) is 35.2. The summed E-state index contributed by atoms with van der Waals surface area (Å²) in [5.41, 5.74) is 3.04. The number of ether oxygens (including phenoxy) is 15. The van der Waals surface area contributed by atoms with Gasteiger partial charge in [0, 0.05) is 74.6 Å². The minimum absolute atomic E-state index is 0.0251. The first-order valence-corrected chi connectivity index (χ1v) is 36.0. The molecule has 3 spiro atoms. The van der Waals surface area contributed by atoms with Crippen molar-refractivity contribution in [2.24, 2.45) is 5.92 Å². The van der Waals surface area contributed by atoms with Crippen LogP contribution in [0.2, 0.25) is 0 Å². The molecule has 21 nitrogen and oxygen atoms in total. The van der Waals surface area contributed by atoms with Gasteiger partial charge in [-0.25, -0.2) is 0 Å². The predicted octanol–water partition coefficient (Wildman–Crippen LogP) is 6.24. The maximum atomic E-state index is 13.2. The highest BCUT2D eigenvalue weighted by Crippen LogP contribution is 2.69. The van der Waals surface area contributed by atoms with Crippen LogP contribution in [0.4, 0.5) is 0 Å². The molecule has 6 bridgehead atoms. The molecule has 3 saturated heterocycles. The Bertz CT molecular complexity index is 3210. The first-order chi connectivity index (χ1) is 47.4. The van der Waals surface area contributed by atoms with E-state index in [1.807, 2.05) is 30.4 Å². The molecule has 9 unspecified atom stereocenters. The van der Waals surface area contributed by atoms with Crippen LogP contribution in [0.5, 0.6) is 28.7 Å². The van der Waals surface area contributed by atoms with Crippen LogP contribution in [0.3, 0.4) is 0 Å². The summed E-state index contributed by atoms with van der Waals surface area (Å²) in [5, 5.41) is 39.3. The minimum atomic E-state index is -1.04. The summed E-state index contributed by atoms with van der Waals surface area (Å²) in [6, 6.07) is 12.4. The lowest BCUT2D eigenvalue weighted by Crippen LogP contribution is -2.77. The van der Waals surface area contributed by atoms with Crippen molar-refractivity contribution in [2.75, 3.05) is 153 Å². The van der Waals surface area contributed by atoms with Gasteiger partial charge in [-0.3, -0.25) is 14.7 Å². The zero-order valence-electron chi connectivity index (χ0n) is 57.2.